The van der Waals surface area contributed by atoms with E-state index < -0.39 is 10.0 Å². The Morgan fingerprint density at radius 2 is 1.65 bits per heavy atom. The van der Waals surface area contributed by atoms with Gasteiger partial charge in [0.2, 0.25) is 27.5 Å². The molecule has 3 aromatic rings. The third-order valence-electron chi connectivity index (χ3n) is 5.80. The Morgan fingerprint density at radius 1 is 0.971 bits per heavy atom. The van der Waals surface area contributed by atoms with Crippen LogP contribution in [0.25, 0.3) is 11.4 Å². The van der Waals surface area contributed by atoms with E-state index in [1.165, 1.54) is 32.7 Å². The molecule has 0 saturated carbocycles. The number of methoxy groups -OCH3 is 4. The highest BCUT2D eigenvalue weighted by atomic mass is 32.2. The number of piperidine rings is 1. The van der Waals surface area contributed by atoms with E-state index in [0.717, 1.165) is 6.42 Å². The second-order valence-electron chi connectivity index (χ2n) is 7.75. The van der Waals surface area contributed by atoms with Crippen LogP contribution in [0.3, 0.4) is 0 Å². The zero-order valence-corrected chi connectivity index (χ0v) is 20.3. The second-order valence-corrected chi connectivity index (χ2v) is 9.69. The Balaban J connectivity index is 1.57. The fraction of sp³-hybridized carbons (Fsp3) is 0.391. The van der Waals surface area contributed by atoms with Crippen LogP contribution in [0.5, 0.6) is 23.0 Å². The summed E-state index contributed by atoms with van der Waals surface area (Å²) in [6, 6.07) is 9.83. The van der Waals surface area contributed by atoms with Gasteiger partial charge in [-0.1, -0.05) is 5.16 Å². The number of hydrogen-bond donors (Lipinski definition) is 0. The van der Waals surface area contributed by atoms with Crippen molar-refractivity contribution in [3.05, 3.63) is 42.3 Å². The molecule has 2 aromatic carbocycles. The lowest BCUT2D eigenvalue weighted by atomic mass is 10.00. The highest BCUT2D eigenvalue weighted by Crippen LogP contribution is 2.41. The van der Waals surface area contributed by atoms with Gasteiger partial charge in [0.05, 0.1) is 39.3 Å². The maximum Gasteiger partial charge on any atom is 0.243 e. The number of nitrogens with zero attached hydrogens (tertiary/aromatic N) is 3. The van der Waals surface area contributed by atoms with Gasteiger partial charge in [-0.05, 0) is 49.2 Å². The third-order valence-corrected chi connectivity index (χ3v) is 7.67. The van der Waals surface area contributed by atoms with Gasteiger partial charge in [-0.25, -0.2) is 8.42 Å². The van der Waals surface area contributed by atoms with Crippen LogP contribution >= 0.6 is 0 Å². The predicted octanol–water partition coefficient (Wildman–Crippen LogP) is 3.34. The fourth-order valence-corrected chi connectivity index (χ4v) is 5.51. The van der Waals surface area contributed by atoms with E-state index in [1.807, 2.05) is 0 Å². The monoisotopic (exact) mass is 489 g/mol. The molecular formula is C23H27N3O7S. The van der Waals surface area contributed by atoms with E-state index >= 15 is 0 Å². The van der Waals surface area contributed by atoms with Gasteiger partial charge in [-0.15, -0.1) is 0 Å². The minimum Gasteiger partial charge on any atom is -0.497 e. The van der Waals surface area contributed by atoms with Crippen molar-refractivity contribution in [3.63, 3.8) is 0 Å². The first-order valence-corrected chi connectivity index (χ1v) is 12.1. The summed E-state index contributed by atoms with van der Waals surface area (Å²) in [6.45, 7) is 0.685. The first-order valence-electron chi connectivity index (χ1n) is 10.7. The van der Waals surface area contributed by atoms with Gasteiger partial charge in [0.25, 0.3) is 0 Å². The number of ether oxygens (including phenoxy) is 4. The summed E-state index contributed by atoms with van der Waals surface area (Å²) in [5.74, 6) is 2.52. The summed E-state index contributed by atoms with van der Waals surface area (Å²) in [5.41, 5.74) is 0.628. The average molecular weight is 490 g/mol. The highest BCUT2D eigenvalue weighted by Gasteiger charge is 2.33. The van der Waals surface area contributed by atoms with Crippen LogP contribution in [0.2, 0.25) is 0 Å². The lowest BCUT2D eigenvalue weighted by Gasteiger charge is -2.30. The Bertz CT molecular complexity index is 1220. The zero-order chi connectivity index (χ0) is 24.3. The van der Waals surface area contributed by atoms with Gasteiger partial charge in [-0.3, -0.25) is 0 Å². The Kier molecular flexibility index (Phi) is 6.94. The van der Waals surface area contributed by atoms with E-state index in [4.69, 9.17) is 23.5 Å². The molecule has 1 aliphatic heterocycles. The molecule has 4 rings (SSSR count). The molecule has 34 heavy (non-hydrogen) atoms. The molecule has 1 fully saturated rings. The molecule has 11 heteroatoms. The van der Waals surface area contributed by atoms with Crippen LogP contribution in [0, 0.1) is 0 Å². The molecule has 0 N–H and O–H groups in total. The average Bonchev–Trinajstić information content (AvgIpc) is 3.38. The molecule has 2 heterocycles. The molecule has 1 aliphatic rings. The van der Waals surface area contributed by atoms with Gasteiger partial charge in [-0.2, -0.15) is 9.29 Å². The molecule has 0 radical (unpaired) electrons. The smallest absolute Gasteiger partial charge is 0.243 e. The molecular weight excluding hydrogens is 462 g/mol. The van der Waals surface area contributed by atoms with Crippen LogP contribution in [0.4, 0.5) is 0 Å². The highest BCUT2D eigenvalue weighted by molar-refractivity contribution is 7.89. The fourth-order valence-electron chi connectivity index (χ4n) is 3.99. The SMILES string of the molecule is COc1ccc(S(=O)(=O)N2CCC[C@@H](c3nc(-c4cc(OC)c(OC)c(OC)c4)no3)C2)cc1. The normalized spacial score (nSPS) is 16.8. The number of rotatable bonds is 8. The zero-order valence-electron chi connectivity index (χ0n) is 19.5. The Morgan fingerprint density at radius 3 is 2.24 bits per heavy atom. The van der Waals surface area contributed by atoms with Gasteiger partial charge in [0, 0.05) is 18.7 Å². The minimum absolute atomic E-state index is 0.218. The Hall–Kier alpha value is -3.31. The van der Waals surface area contributed by atoms with E-state index in [2.05, 4.69) is 10.1 Å². The third kappa shape index (κ3) is 4.53. The van der Waals surface area contributed by atoms with E-state index in [-0.39, 0.29) is 17.4 Å². The summed E-state index contributed by atoms with van der Waals surface area (Å²) in [4.78, 5) is 4.77. The molecule has 1 aromatic heterocycles. The van der Waals surface area contributed by atoms with Crippen LogP contribution in [-0.2, 0) is 10.0 Å². The van der Waals surface area contributed by atoms with Gasteiger partial charge in [0.1, 0.15) is 5.75 Å². The van der Waals surface area contributed by atoms with Crippen LogP contribution in [-0.4, -0.2) is 64.4 Å². The quantitative estimate of drug-likeness (QED) is 0.470. The number of sulfonamides is 1. The molecule has 1 saturated heterocycles. The standard InChI is InChI=1S/C23H27N3O7S/c1-29-17-7-9-18(10-8-17)34(27,28)26-11-5-6-15(14-26)23-24-22(25-33-23)16-12-19(30-2)21(32-4)20(13-16)31-3/h7-10,12-13,15H,5-6,11,14H2,1-4H3/t15-/m1/s1. The Labute approximate surface area is 198 Å². The molecule has 1 atom stereocenters. The predicted molar refractivity (Wildman–Crippen MR) is 123 cm³/mol. The maximum absolute atomic E-state index is 13.2. The number of aromatic nitrogens is 2. The maximum atomic E-state index is 13.2. The largest absolute Gasteiger partial charge is 0.497 e. The molecule has 0 spiro atoms. The summed E-state index contributed by atoms with van der Waals surface area (Å²) >= 11 is 0. The number of hydrogen-bond acceptors (Lipinski definition) is 9. The molecule has 182 valence electrons. The second kappa shape index (κ2) is 9.90. The van der Waals surface area contributed by atoms with Gasteiger partial charge >= 0.3 is 0 Å². The summed E-state index contributed by atoms with van der Waals surface area (Å²) < 4.78 is 54.6. The van der Waals surface area contributed by atoms with Crippen molar-refractivity contribution in [2.75, 3.05) is 41.5 Å². The van der Waals surface area contributed by atoms with Crippen LogP contribution in [0.15, 0.2) is 45.8 Å². The van der Waals surface area contributed by atoms with Gasteiger partial charge in [0.15, 0.2) is 11.5 Å². The molecule has 0 amide bonds. The van der Waals surface area contributed by atoms with Gasteiger partial charge < -0.3 is 23.5 Å². The van der Waals surface area contributed by atoms with Crippen molar-refractivity contribution in [3.8, 4) is 34.4 Å². The minimum atomic E-state index is -3.66. The van der Waals surface area contributed by atoms with E-state index in [1.54, 1.807) is 36.4 Å². The van der Waals surface area contributed by atoms with Crippen molar-refractivity contribution in [2.45, 2.75) is 23.7 Å². The molecule has 0 aliphatic carbocycles. The van der Waals surface area contributed by atoms with Crippen LogP contribution in [0.1, 0.15) is 24.7 Å². The molecule has 0 unspecified atom stereocenters. The lowest BCUT2D eigenvalue weighted by molar-refractivity contribution is 0.265. The summed E-state index contributed by atoms with van der Waals surface area (Å²) in [5, 5.41) is 4.11. The molecule has 0 bridgehead atoms. The van der Waals surface area contributed by atoms with E-state index in [9.17, 15) is 8.42 Å². The summed E-state index contributed by atoms with van der Waals surface area (Å²) in [7, 11) is 2.47. The molecule has 10 nitrogen and oxygen atoms in total. The topological polar surface area (TPSA) is 113 Å². The van der Waals surface area contributed by atoms with Crippen LogP contribution < -0.4 is 18.9 Å². The lowest BCUT2D eigenvalue weighted by Crippen LogP contribution is -2.39. The first kappa shape index (κ1) is 23.8. The summed E-state index contributed by atoms with van der Waals surface area (Å²) in [6.07, 6.45) is 1.42. The number of benzene rings is 2. The van der Waals surface area contributed by atoms with Crippen molar-refractivity contribution in [1.82, 2.24) is 14.4 Å². The van der Waals surface area contributed by atoms with Crippen molar-refractivity contribution in [2.24, 2.45) is 0 Å². The first-order chi connectivity index (χ1) is 16.4. The van der Waals surface area contributed by atoms with Crippen molar-refractivity contribution >= 4 is 10.0 Å². The van der Waals surface area contributed by atoms with Crippen molar-refractivity contribution in [1.29, 1.82) is 0 Å². The van der Waals surface area contributed by atoms with Crippen molar-refractivity contribution < 1.29 is 31.9 Å². The van der Waals surface area contributed by atoms with E-state index in [0.29, 0.717) is 53.2 Å².